The topological polar surface area (TPSA) is 98.7 Å². The Bertz CT molecular complexity index is 600. The van der Waals surface area contributed by atoms with Gasteiger partial charge in [0.15, 0.2) is 0 Å². The minimum absolute atomic E-state index is 0. The summed E-state index contributed by atoms with van der Waals surface area (Å²) in [7, 11) is 1.45. The van der Waals surface area contributed by atoms with Gasteiger partial charge in [-0.05, 0) is 25.2 Å². The van der Waals surface area contributed by atoms with E-state index in [1.54, 1.807) is 4.90 Å². The van der Waals surface area contributed by atoms with Crippen molar-refractivity contribution in [3.8, 4) is 5.75 Å². The zero-order chi connectivity index (χ0) is 16.3. The molecule has 1 amide bonds. The molecule has 1 aromatic rings. The number of carbonyl (C=O) groups excluding carboxylic acids is 1. The molecule has 1 aliphatic rings. The standard InChI is InChI=1S/C14H19N3O4S.ClH/c1-21-12-7-11(17(19)20)10(6-13(12)22-2)14(18)16-5-3-4-9(15)8-16;/h6-7,9H,3-5,8,15H2,1-2H3;1H. The molecule has 1 atom stereocenters. The van der Waals surface area contributed by atoms with E-state index in [0.29, 0.717) is 23.7 Å². The van der Waals surface area contributed by atoms with Crippen LogP contribution in [0.15, 0.2) is 17.0 Å². The van der Waals surface area contributed by atoms with Crippen molar-refractivity contribution in [2.75, 3.05) is 26.5 Å². The average molecular weight is 362 g/mol. The van der Waals surface area contributed by atoms with Crippen molar-refractivity contribution in [3.63, 3.8) is 0 Å². The molecule has 0 aliphatic carbocycles. The Kier molecular flexibility index (Phi) is 7.11. The summed E-state index contributed by atoms with van der Waals surface area (Å²) in [5, 5.41) is 11.3. The van der Waals surface area contributed by atoms with Crippen LogP contribution in [0.2, 0.25) is 0 Å². The van der Waals surface area contributed by atoms with Crippen molar-refractivity contribution >= 4 is 35.8 Å². The summed E-state index contributed by atoms with van der Waals surface area (Å²) in [5.74, 6) is 0.0471. The van der Waals surface area contributed by atoms with E-state index >= 15 is 0 Å². The van der Waals surface area contributed by atoms with E-state index < -0.39 is 4.92 Å². The number of amides is 1. The number of rotatable bonds is 4. The van der Waals surface area contributed by atoms with Gasteiger partial charge in [0.25, 0.3) is 11.6 Å². The van der Waals surface area contributed by atoms with E-state index in [-0.39, 0.29) is 35.6 Å². The molecule has 1 fully saturated rings. The number of hydrogen-bond donors (Lipinski definition) is 1. The van der Waals surface area contributed by atoms with Gasteiger partial charge in [0, 0.05) is 19.1 Å². The molecule has 1 aliphatic heterocycles. The Morgan fingerprint density at radius 2 is 2.22 bits per heavy atom. The number of likely N-dealkylation sites (tertiary alicyclic amines) is 1. The summed E-state index contributed by atoms with van der Waals surface area (Å²) < 4.78 is 5.15. The zero-order valence-electron chi connectivity index (χ0n) is 13.0. The van der Waals surface area contributed by atoms with E-state index in [9.17, 15) is 14.9 Å². The molecular weight excluding hydrogens is 342 g/mol. The fraction of sp³-hybridized carbons (Fsp3) is 0.500. The number of ether oxygens (including phenoxy) is 1. The number of thioether (sulfide) groups is 1. The summed E-state index contributed by atoms with van der Waals surface area (Å²) in [6.45, 7) is 1.00. The second kappa shape index (κ2) is 8.37. The smallest absolute Gasteiger partial charge is 0.285 e. The van der Waals surface area contributed by atoms with Gasteiger partial charge in [-0.15, -0.1) is 24.2 Å². The molecule has 2 rings (SSSR count). The second-order valence-corrected chi connectivity index (χ2v) is 5.98. The predicted octanol–water partition coefficient (Wildman–Crippen LogP) is 2.31. The van der Waals surface area contributed by atoms with E-state index in [1.165, 1.54) is 31.0 Å². The van der Waals surface area contributed by atoms with Gasteiger partial charge in [-0.3, -0.25) is 14.9 Å². The van der Waals surface area contributed by atoms with Crippen LogP contribution in [0.25, 0.3) is 0 Å². The largest absolute Gasteiger partial charge is 0.495 e. The Morgan fingerprint density at radius 1 is 1.52 bits per heavy atom. The minimum atomic E-state index is -0.552. The molecule has 1 unspecified atom stereocenters. The van der Waals surface area contributed by atoms with Crippen molar-refractivity contribution in [1.29, 1.82) is 0 Å². The molecular formula is C14H20ClN3O4S. The Balaban J connectivity index is 0.00000264. The fourth-order valence-corrected chi connectivity index (χ4v) is 3.13. The lowest BCUT2D eigenvalue weighted by Crippen LogP contribution is -2.45. The molecule has 1 heterocycles. The molecule has 0 saturated carbocycles. The van der Waals surface area contributed by atoms with E-state index in [1.807, 2.05) is 6.26 Å². The highest BCUT2D eigenvalue weighted by Crippen LogP contribution is 2.35. The lowest BCUT2D eigenvalue weighted by molar-refractivity contribution is -0.385. The first-order valence-electron chi connectivity index (χ1n) is 6.93. The number of hydrogen-bond acceptors (Lipinski definition) is 6. The number of nitrogens with zero attached hydrogens (tertiary/aromatic N) is 2. The summed E-state index contributed by atoms with van der Waals surface area (Å²) >= 11 is 1.38. The van der Waals surface area contributed by atoms with E-state index in [0.717, 1.165) is 12.8 Å². The molecule has 2 N–H and O–H groups in total. The molecule has 7 nitrogen and oxygen atoms in total. The molecule has 1 aromatic carbocycles. The highest BCUT2D eigenvalue weighted by atomic mass is 35.5. The van der Waals surface area contributed by atoms with Crippen molar-refractivity contribution in [2.45, 2.75) is 23.8 Å². The summed E-state index contributed by atoms with van der Waals surface area (Å²) in [6, 6.07) is 2.77. The first kappa shape index (κ1) is 19.5. The van der Waals surface area contributed by atoms with Crippen LogP contribution in [-0.2, 0) is 0 Å². The minimum Gasteiger partial charge on any atom is -0.495 e. The summed E-state index contributed by atoms with van der Waals surface area (Å²) in [5.41, 5.74) is 5.74. The number of halogens is 1. The van der Waals surface area contributed by atoms with Crippen LogP contribution in [0.5, 0.6) is 5.75 Å². The molecule has 0 aromatic heterocycles. The van der Waals surface area contributed by atoms with Crippen LogP contribution in [0, 0.1) is 10.1 Å². The number of nitro benzene ring substituents is 1. The first-order chi connectivity index (χ1) is 10.5. The van der Waals surface area contributed by atoms with Gasteiger partial charge in [0.2, 0.25) is 0 Å². The third-order valence-corrected chi connectivity index (χ3v) is 4.43. The van der Waals surface area contributed by atoms with Gasteiger partial charge >= 0.3 is 0 Å². The monoisotopic (exact) mass is 361 g/mol. The van der Waals surface area contributed by atoms with Crippen molar-refractivity contribution in [3.05, 3.63) is 27.8 Å². The lowest BCUT2D eigenvalue weighted by Gasteiger charge is -2.30. The highest BCUT2D eigenvalue weighted by Gasteiger charge is 2.29. The molecule has 9 heteroatoms. The van der Waals surface area contributed by atoms with Gasteiger partial charge in [-0.25, -0.2) is 0 Å². The lowest BCUT2D eigenvalue weighted by atomic mass is 10.0. The van der Waals surface area contributed by atoms with Gasteiger partial charge < -0.3 is 15.4 Å². The Hall–Kier alpha value is -1.51. The summed E-state index contributed by atoms with van der Waals surface area (Å²) in [6.07, 6.45) is 3.51. The second-order valence-electron chi connectivity index (χ2n) is 5.13. The Labute approximate surface area is 145 Å². The number of nitro groups is 1. The molecule has 23 heavy (non-hydrogen) atoms. The van der Waals surface area contributed by atoms with Crippen LogP contribution in [0.1, 0.15) is 23.2 Å². The number of benzene rings is 1. The summed E-state index contributed by atoms with van der Waals surface area (Å²) in [4.78, 5) is 25.7. The van der Waals surface area contributed by atoms with Crippen molar-refractivity contribution < 1.29 is 14.5 Å². The van der Waals surface area contributed by atoms with E-state index in [4.69, 9.17) is 10.5 Å². The maximum Gasteiger partial charge on any atom is 0.285 e. The molecule has 0 spiro atoms. The molecule has 1 saturated heterocycles. The van der Waals surface area contributed by atoms with Crippen molar-refractivity contribution in [1.82, 2.24) is 4.90 Å². The number of carbonyl (C=O) groups is 1. The zero-order valence-corrected chi connectivity index (χ0v) is 14.6. The van der Waals surface area contributed by atoms with Crippen LogP contribution >= 0.6 is 24.2 Å². The average Bonchev–Trinajstić information content (AvgIpc) is 2.52. The Morgan fingerprint density at radius 3 is 2.74 bits per heavy atom. The van der Waals surface area contributed by atoms with Crippen molar-refractivity contribution in [2.24, 2.45) is 5.73 Å². The first-order valence-corrected chi connectivity index (χ1v) is 8.15. The normalized spacial score (nSPS) is 17.3. The van der Waals surface area contributed by atoms with Gasteiger partial charge in [-0.2, -0.15) is 0 Å². The number of methoxy groups -OCH3 is 1. The fourth-order valence-electron chi connectivity index (χ4n) is 2.56. The van der Waals surface area contributed by atoms with Crippen LogP contribution in [0.4, 0.5) is 5.69 Å². The van der Waals surface area contributed by atoms with Crippen LogP contribution in [0.3, 0.4) is 0 Å². The third-order valence-electron chi connectivity index (χ3n) is 3.67. The predicted molar refractivity (Wildman–Crippen MR) is 91.8 cm³/mol. The van der Waals surface area contributed by atoms with Gasteiger partial charge in [0.05, 0.1) is 23.0 Å². The van der Waals surface area contributed by atoms with Gasteiger partial charge in [-0.1, -0.05) is 0 Å². The highest BCUT2D eigenvalue weighted by molar-refractivity contribution is 7.98. The maximum atomic E-state index is 12.7. The molecule has 128 valence electrons. The molecule has 0 radical (unpaired) electrons. The van der Waals surface area contributed by atoms with E-state index in [2.05, 4.69) is 0 Å². The van der Waals surface area contributed by atoms with Gasteiger partial charge in [0.1, 0.15) is 11.3 Å². The quantitative estimate of drug-likeness (QED) is 0.502. The third kappa shape index (κ3) is 4.27. The molecule has 0 bridgehead atoms. The SMILES string of the molecule is COc1cc([N+](=O)[O-])c(C(=O)N2CCCC(N)C2)cc1SC.Cl. The number of nitrogens with two attached hydrogens (primary N) is 1. The van der Waals surface area contributed by atoms with Crippen LogP contribution < -0.4 is 10.5 Å². The number of piperidine rings is 1. The van der Waals surface area contributed by atoms with Crippen LogP contribution in [-0.4, -0.2) is 48.2 Å². The maximum absolute atomic E-state index is 12.7.